The highest BCUT2D eigenvalue weighted by molar-refractivity contribution is 5.73. The van der Waals surface area contributed by atoms with E-state index >= 15 is 0 Å². The molecule has 14 heavy (non-hydrogen) atoms. The van der Waals surface area contributed by atoms with Gasteiger partial charge in [0.2, 0.25) is 5.91 Å². The summed E-state index contributed by atoms with van der Waals surface area (Å²) in [4.78, 5) is 15.2. The van der Waals surface area contributed by atoms with Gasteiger partial charge in [-0.1, -0.05) is 0 Å². The number of rotatable bonds is 4. The van der Waals surface area contributed by atoms with Crippen LogP contribution in [-0.2, 0) is 4.79 Å². The summed E-state index contributed by atoms with van der Waals surface area (Å²) < 4.78 is 0. The van der Waals surface area contributed by atoms with Gasteiger partial charge in [0.15, 0.2) is 0 Å². The molecule has 0 unspecified atom stereocenters. The number of piperidine rings is 1. The molecule has 1 amide bonds. The summed E-state index contributed by atoms with van der Waals surface area (Å²) in [6.45, 7) is 3.11. The highest BCUT2D eigenvalue weighted by Gasteiger charge is 2.20. The predicted octanol–water partition coefficient (Wildman–Crippen LogP) is -0.112. The molecule has 0 atom stereocenters. The molecule has 0 saturated carbocycles. The van der Waals surface area contributed by atoms with E-state index in [-0.39, 0.29) is 5.91 Å². The molecule has 4 heteroatoms. The topological polar surface area (TPSA) is 49.6 Å². The van der Waals surface area contributed by atoms with Gasteiger partial charge in [-0.3, -0.25) is 4.79 Å². The van der Waals surface area contributed by atoms with Crippen LogP contribution in [-0.4, -0.2) is 55.5 Å². The summed E-state index contributed by atoms with van der Waals surface area (Å²) in [6.07, 6.45) is 2.88. The Balaban J connectivity index is 2.23. The summed E-state index contributed by atoms with van der Waals surface area (Å²) in [5.74, 6) is -0.204. The van der Waals surface area contributed by atoms with Crippen LogP contribution in [0.4, 0.5) is 0 Å². The zero-order valence-electron chi connectivity index (χ0n) is 9.20. The third-order valence-corrected chi connectivity index (χ3v) is 3.02. The highest BCUT2D eigenvalue weighted by atomic mass is 16.1. The second kappa shape index (κ2) is 5.32. The van der Waals surface area contributed by atoms with E-state index in [4.69, 9.17) is 5.73 Å². The fourth-order valence-electron chi connectivity index (χ4n) is 1.90. The predicted molar refractivity (Wildman–Crippen MR) is 57.0 cm³/mol. The van der Waals surface area contributed by atoms with Gasteiger partial charge in [-0.2, -0.15) is 0 Å². The number of carbonyl (C=O) groups is 1. The Morgan fingerprint density at radius 1 is 1.50 bits per heavy atom. The number of hydrogen-bond donors (Lipinski definition) is 1. The van der Waals surface area contributed by atoms with Gasteiger partial charge in [-0.25, -0.2) is 0 Å². The maximum atomic E-state index is 10.6. The molecule has 0 aromatic heterocycles. The van der Waals surface area contributed by atoms with Crippen LogP contribution < -0.4 is 5.73 Å². The molecule has 0 aliphatic carbocycles. The van der Waals surface area contributed by atoms with Gasteiger partial charge >= 0.3 is 0 Å². The van der Waals surface area contributed by atoms with Crippen molar-refractivity contribution in [1.29, 1.82) is 0 Å². The lowest BCUT2D eigenvalue weighted by atomic mass is 10.0. The number of carbonyl (C=O) groups excluding carboxylic acids is 1. The minimum Gasteiger partial charge on any atom is -0.370 e. The third kappa shape index (κ3) is 3.64. The lowest BCUT2D eigenvalue weighted by molar-refractivity contribution is -0.118. The SMILES string of the molecule is CN1CCC(N(C)CCC(N)=O)CC1. The van der Waals surface area contributed by atoms with Crippen LogP contribution in [0.3, 0.4) is 0 Å². The number of nitrogens with zero attached hydrogens (tertiary/aromatic N) is 2. The molecule has 0 radical (unpaired) electrons. The zero-order valence-corrected chi connectivity index (χ0v) is 9.20. The van der Waals surface area contributed by atoms with Crippen LogP contribution in [0, 0.1) is 0 Å². The second-order valence-corrected chi connectivity index (χ2v) is 4.23. The molecule has 1 rings (SSSR count). The molecule has 4 nitrogen and oxygen atoms in total. The van der Waals surface area contributed by atoms with Gasteiger partial charge in [-0.15, -0.1) is 0 Å². The van der Waals surface area contributed by atoms with E-state index in [1.165, 1.54) is 12.8 Å². The molecule has 0 spiro atoms. The minimum atomic E-state index is -0.204. The summed E-state index contributed by atoms with van der Waals surface area (Å²) >= 11 is 0. The van der Waals surface area contributed by atoms with Crippen molar-refractivity contribution in [2.24, 2.45) is 5.73 Å². The van der Waals surface area contributed by atoms with Crippen LogP contribution in [0.2, 0.25) is 0 Å². The van der Waals surface area contributed by atoms with Crippen molar-refractivity contribution in [2.45, 2.75) is 25.3 Å². The number of primary amides is 1. The molecule has 1 aliphatic heterocycles. The van der Waals surface area contributed by atoms with Gasteiger partial charge in [-0.05, 0) is 40.0 Å². The number of amides is 1. The lowest BCUT2D eigenvalue weighted by Gasteiger charge is -2.34. The normalized spacial score (nSPS) is 20.2. The van der Waals surface area contributed by atoms with Crippen molar-refractivity contribution < 1.29 is 4.79 Å². The number of nitrogens with two attached hydrogens (primary N) is 1. The van der Waals surface area contributed by atoms with Crippen molar-refractivity contribution in [1.82, 2.24) is 9.80 Å². The standard InChI is InChI=1S/C10H21N3O/c1-12-6-3-9(4-7-12)13(2)8-5-10(11)14/h9H,3-8H2,1-2H3,(H2,11,14). The van der Waals surface area contributed by atoms with Gasteiger partial charge in [0, 0.05) is 19.0 Å². The Kier molecular flexibility index (Phi) is 4.35. The summed E-state index contributed by atoms with van der Waals surface area (Å²) in [5, 5.41) is 0. The van der Waals surface area contributed by atoms with Crippen LogP contribution in [0.25, 0.3) is 0 Å². The molecule has 0 bridgehead atoms. The monoisotopic (exact) mass is 199 g/mol. The maximum Gasteiger partial charge on any atom is 0.218 e. The Hall–Kier alpha value is -0.610. The molecule has 1 aliphatic rings. The quantitative estimate of drug-likeness (QED) is 0.687. The van der Waals surface area contributed by atoms with Crippen molar-refractivity contribution in [3.63, 3.8) is 0 Å². The molecule has 1 fully saturated rings. The van der Waals surface area contributed by atoms with E-state index in [1.807, 2.05) is 0 Å². The van der Waals surface area contributed by atoms with Crippen LogP contribution in [0.1, 0.15) is 19.3 Å². The Bertz CT molecular complexity index is 188. The number of likely N-dealkylation sites (tertiary alicyclic amines) is 1. The van der Waals surface area contributed by atoms with E-state index in [0.29, 0.717) is 12.5 Å². The first-order chi connectivity index (χ1) is 6.59. The fraction of sp³-hybridized carbons (Fsp3) is 0.900. The first-order valence-corrected chi connectivity index (χ1v) is 5.26. The Labute approximate surface area is 86.0 Å². The first kappa shape index (κ1) is 11.5. The fourth-order valence-corrected chi connectivity index (χ4v) is 1.90. The Morgan fingerprint density at radius 2 is 2.07 bits per heavy atom. The van der Waals surface area contributed by atoms with Gasteiger partial charge in [0.25, 0.3) is 0 Å². The average Bonchev–Trinajstić information content (AvgIpc) is 2.15. The molecule has 0 aromatic rings. The van der Waals surface area contributed by atoms with E-state index in [2.05, 4.69) is 23.9 Å². The molecule has 1 heterocycles. The Morgan fingerprint density at radius 3 is 2.57 bits per heavy atom. The van der Waals surface area contributed by atoms with Crippen molar-refractivity contribution in [2.75, 3.05) is 33.7 Å². The van der Waals surface area contributed by atoms with Crippen molar-refractivity contribution >= 4 is 5.91 Å². The van der Waals surface area contributed by atoms with Crippen LogP contribution in [0.5, 0.6) is 0 Å². The molecule has 2 N–H and O–H groups in total. The third-order valence-electron chi connectivity index (χ3n) is 3.02. The van der Waals surface area contributed by atoms with Gasteiger partial charge in [0.05, 0.1) is 0 Å². The summed E-state index contributed by atoms with van der Waals surface area (Å²) in [5.41, 5.74) is 5.12. The summed E-state index contributed by atoms with van der Waals surface area (Å²) in [6, 6.07) is 0.630. The maximum absolute atomic E-state index is 10.6. The zero-order chi connectivity index (χ0) is 10.6. The van der Waals surface area contributed by atoms with Crippen LogP contribution in [0.15, 0.2) is 0 Å². The molecule has 1 saturated heterocycles. The molecular formula is C10H21N3O. The average molecular weight is 199 g/mol. The van der Waals surface area contributed by atoms with E-state index < -0.39 is 0 Å². The van der Waals surface area contributed by atoms with E-state index in [0.717, 1.165) is 19.6 Å². The van der Waals surface area contributed by atoms with Crippen molar-refractivity contribution in [3.8, 4) is 0 Å². The van der Waals surface area contributed by atoms with E-state index in [9.17, 15) is 4.79 Å². The van der Waals surface area contributed by atoms with Crippen LogP contribution >= 0.6 is 0 Å². The second-order valence-electron chi connectivity index (χ2n) is 4.23. The molecule has 0 aromatic carbocycles. The van der Waals surface area contributed by atoms with Crippen molar-refractivity contribution in [3.05, 3.63) is 0 Å². The highest BCUT2D eigenvalue weighted by Crippen LogP contribution is 2.13. The van der Waals surface area contributed by atoms with Gasteiger partial charge < -0.3 is 15.5 Å². The first-order valence-electron chi connectivity index (χ1n) is 5.26. The number of hydrogen-bond acceptors (Lipinski definition) is 3. The van der Waals surface area contributed by atoms with E-state index in [1.54, 1.807) is 0 Å². The van der Waals surface area contributed by atoms with Gasteiger partial charge in [0.1, 0.15) is 0 Å². The largest absolute Gasteiger partial charge is 0.370 e. The summed E-state index contributed by atoms with van der Waals surface area (Å²) in [7, 11) is 4.23. The molecular weight excluding hydrogens is 178 g/mol. The lowest BCUT2D eigenvalue weighted by Crippen LogP contribution is -2.42. The minimum absolute atomic E-state index is 0.204. The smallest absolute Gasteiger partial charge is 0.218 e. The molecule has 82 valence electrons.